The lowest BCUT2D eigenvalue weighted by atomic mass is 9.85. The van der Waals surface area contributed by atoms with E-state index in [1.807, 2.05) is 6.92 Å². The Hall–Kier alpha value is -2.80. The van der Waals surface area contributed by atoms with Crippen LogP contribution in [0.2, 0.25) is 5.02 Å². The highest BCUT2D eigenvalue weighted by Crippen LogP contribution is 2.38. The van der Waals surface area contributed by atoms with E-state index in [0.717, 1.165) is 0 Å². The summed E-state index contributed by atoms with van der Waals surface area (Å²) >= 11 is 5.93. The minimum atomic E-state index is -1.22. The smallest absolute Gasteiger partial charge is 0.355 e. The molecule has 0 aliphatic carbocycles. The third kappa shape index (κ3) is 4.14. The zero-order valence-corrected chi connectivity index (χ0v) is 15.9. The van der Waals surface area contributed by atoms with Gasteiger partial charge in [-0.05, 0) is 30.2 Å². The van der Waals surface area contributed by atoms with E-state index in [2.05, 4.69) is 0 Å². The van der Waals surface area contributed by atoms with Gasteiger partial charge in [0, 0.05) is 17.5 Å². The van der Waals surface area contributed by atoms with Crippen LogP contribution in [0.5, 0.6) is 0 Å². The maximum atomic E-state index is 12.6. The van der Waals surface area contributed by atoms with E-state index < -0.39 is 23.8 Å². The molecule has 2 rings (SSSR count). The predicted octanol–water partition coefficient (Wildman–Crippen LogP) is 2.72. The third-order valence-corrected chi connectivity index (χ3v) is 4.38. The fraction of sp³-hybridized carbons (Fsp3) is 0.316. The Morgan fingerprint density at radius 3 is 2.19 bits per heavy atom. The van der Waals surface area contributed by atoms with E-state index in [0.29, 0.717) is 17.0 Å². The summed E-state index contributed by atoms with van der Waals surface area (Å²) in [6, 6.07) is 6.57. The molecule has 1 aliphatic heterocycles. The van der Waals surface area contributed by atoms with Gasteiger partial charge in [0.25, 0.3) is 0 Å². The van der Waals surface area contributed by atoms with Crippen LogP contribution in [-0.4, -0.2) is 48.7 Å². The number of aliphatic carboxylic acids is 1. The topological polar surface area (TPSA) is 93.1 Å². The number of hydrogen-bond acceptors (Lipinski definition) is 6. The van der Waals surface area contributed by atoms with E-state index in [9.17, 15) is 19.5 Å². The van der Waals surface area contributed by atoms with Gasteiger partial charge >= 0.3 is 17.9 Å². The van der Waals surface area contributed by atoms with Crippen LogP contribution in [0.3, 0.4) is 0 Å². The number of hydrogen-bond donors (Lipinski definition) is 1. The second kappa shape index (κ2) is 8.73. The summed E-state index contributed by atoms with van der Waals surface area (Å²) in [4.78, 5) is 38.2. The number of carbonyl (C=O) groups is 3. The van der Waals surface area contributed by atoms with Crippen LogP contribution in [0, 0.1) is 0 Å². The second-order valence-electron chi connectivity index (χ2n) is 5.78. The van der Waals surface area contributed by atoms with Crippen molar-refractivity contribution in [2.75, 3.05) is 20.8 Å². The van der Waals surface area contributed by atoms with Crippen LogP contribution in [-0.2, 0) is 23.9 Å². The number of esters is 2. The minimum absolute atomic E-state index is 0.0186. The number of halogens is 1. The van der Waals surface area contributed by atoms with E-state index in [-0.39, 0.29) is 23.5 Å². The molecule has 1 atom stereocenters. The molecule has 8 heteroatoms. The number of nitrogens with zero attached hydrogens (tertiary/aromatic N) is 1. The molecule has 144 valence electrons. The standard InChI is InChI=1S/C19H20ClNO6/c1-4-9-21-14(17(22)23)10-13(11-5-7-12(20)8-6-11)15(18(24)26-2)16(21)19(25)27-3/h5-8,10,13H,4,9H2,1-3H3,(H,22,23). The molecular formula is C19H20ClNO6. The van der Waals surface area contributed by atoms with Gasteiger partial charge in [-0.1, -0.05) is 30.7 Å². The van der Waals surface area contributed by atoms with Crippen molar-refractivity contribution in [1.29, 1.82) is 0 Å². The van der Waals surface area contributed by atoms with Gasteiger partial charge in [-0.15, -0.1) is 0 Å². The Labute approximate surface area is 161 Å². The molecule has 0 radical (unpaired) electrons. The summed E-state index contributed by atoms with van der Waals surface area (Å²) in [7, 11) is 2.37. The van der Waals surface area contributed by atoms with Gasteiger partial charge < -0.3 is 19.5 Å². The van der Waals surface area contributed by atoms with Crippen molar-refractivity contribution in [1.82, 2.24) is 4.90 Å². The van der Waals surface area contributed by atoms with Gasteiger partial charge in [0.1, 0.15) is 11.4 Å². The van der Waals surface area contributed by atoms with Crippen molar-refractivity contribution >= 4 is 29.5 Å². The van der Waals surface area contributed by atoms with Gasteiger partial charge in [0.2, 0.25) is 0 Å². The Bertz CT molecular complexity index is 812. The highest BCUT2D eigenvalue weighted by molar-refractivity contribution is 6.30. The highest BCUT2D eigenvalue weighted by atomic mass is 35.5. The summed E-state index contributed by atoms with van der Waals surface area (Å²) in [5, 5.41) is 10.2. The second-order valence-corrected chi connectivity index (χ2v) is 6.22. The summed E-state index contributed by atoms with van der Waals surface area (Å²) < 4.78 is 9.71. The van der Waals surface area contributed by atoms with Crippen molar-refractivity contribution in [2.45, 2.75) is 19.3 Å². The maximum Gasteiger partial charge on any atom is 0.355 e. The molecule has 1 unspecified atom stereocenters. The molecule has 0 saturated heterocycles. The van der Waals surface area contributed by atoms with Crippen molar-refractivity contribution in [3.8, 4) is 0 Å². The number of rotatable bonds is 6. The lowest BCUT2D eigenvalue weighted by Crippen LogP contribution is -2.38. The van der Waals surface area contributed by atoms with E-state index >= 15 is 0 Å². The summed E-state index contributed by atoms with van der Waals surface area (Å²) in [5.41, 5.74) is 0.372. The minimum Gasteiger partial charge on any atom is -0.477 e. The van der Waals surface area contributed by atoms with Crippen LogP contribution in [0.4, 0.5) is 0 Å². The number of methoxy groups -OCH3 is 2. The molecule has 1 aromatic rings. The quantitative estimate of drug-likeness (QED) is 0.742. The number of ether oxygens (including phenoxy) is 2. The van der Waals surface area contributed by atoms with Crippen molar-refractivity contribution < 1.29 is 29.0 Å². The molecule has 1 N–H and O–H groups in total. The average Bonchev–Trinajstić information content (AvgIpc) is 2.66. The Kier molecular flexibility index (Phi) is 6.63. The first-order chi connectivity index (χ1) is 12.8. The number of carboxylic acids is 1. The zero-order valence-electron chi connectivity index (χ0n) is 15.2. The van der Waals surface area contributed by atoms with Crippen molar-refractivity contribution in [3.05, 3.63) is 57.9 Å². The van der Waals surface area contributed by atoms with Gasteiger partial charge in [-0.3, -0.25) is 0 Å². The number of carbonyl (C=O) groups excluding carboxylic acids is 2. The molecule has 27 heavy (non-hydrogen) atoms. The van der Waals surface area contributed by atoms with Gasteiger partial charge in [-0.25, -0.2) is 14.4 Å². The summed E-state index contributed by atoms with van der Waals surface area (Å²) in [6.07, 6.45) is 1.98. The fourth-order valence-corrected chi connectivity index (χ4v) is 3.10. The molecule has 0 bridgehead atoms. The van der Waals surface area contributed by atoms with E-state index in [4.69, 9.17) is 21.1 Å². The van der Waals surface area contributed by atoms with Gasteiger partial charge in [-0.2, -0.15) is 0 Å². The lowest BCUT2D eigenvalue weighted by Gasteiger charge is -2.34. The molecule has 0 aromatic heterocycles. The first kappa shape index (κ1) is 20.5. The Morgan fingerprint density at radius 2 is 1.70 bits per heavy atom. The number of allylic oxidation sites excluding steroid dienone is 1. The SMILES string of the molecule is CCCN1C(C(=O)O)=CC(c2ccc(Cl)cc2)C(C(=O)OC)=C1C(=O)OC. The van der Waals surface area contributed by atoms with Gasteiger partial charge in [0.15, 0.2) is 0 Å². The summed E-state index contributed by atoms with van der Waals surface area (Å²) in [6.45, 7) is 2.05. The van der Waals surface area contributed by atoms with Crippen molar-refractivity contribution in [3.63, 3.8) is 0 Å². The van der Waals surface area contributed by atoms with Crippen LogP contribution in [0.25, 0.3) is 0 Å². The molecule has 7 nitrogen and oxygen atoms in total. The first-order valence-electron chi connectivity index (χ1n) is 8.24. The highest BCUT2D eigenvalue weighted by Gasteiger charge is 2.39. The van der Waals surface area contributed by atoms with E-state index in [1.165, 1.54) is 25.2 Å². The Balaban J connectivity index is 2.79. The van der Waals surface area contributed by atoms with E-state index in [1.54, 1.807) is 24.3 Å². The zero-order chi connectivity index (χ0) is 20.1. The summed E-state index contributed by atoms with van der Waals surface area (Å²) in [5.74, 6) is -3.57. The normalized spacial score (nSPS) is 16.7. The van der Waals surface area contributed by atoms with Crippen LogP contribution >= 0.6 is 11.6 Å². The third-order valence-electron chi connectivity index (χ3n) is 4.13. The molecular weight excluding hydrogens is 374 g/mol. The fourth-order valence-electron chi connectivity index (χ4n) is 2.97. The number of carboxylic acid groups (broad SMARTS) is 1. The maximum absolute atomic E-state index is 12.6. The van der Waals surface area contributed by atoms with Crippen LogP contribution in [0.15, 0.2) is 47.3 Å². The first-order valence-corrected chi connectivity index (χ1v) is 8.62. The van der Waals surface area contributed by atoms with Crippen molar-refractivity contribution in [2.24, 2.45) is 0 Å². The lowest BCUT2D eigenvalue weighted by molar-refractivity contribution is -0.141. The monoisotopic (exact) mass is 393 g/mol. The molecule has 0 spiro atoms. The average molecular weight is 394 g/mol. The number of benzene rings is 1. The van der Waals surface area contributed by atoms with Gasteiger partial charge in [0.05, 0.1) is 19.8 Å². The van der Waals surface area contributed by atoms with Crippen LogP contribution in [0.1, 0.15) is 24.8 Å². The molecule has 0 amide bonds. The molecule has 1 heterocycles. The van der Waals surface area contributed by atoms with Crippen LogP contribution < -0.4 is 0 Å². The molecule has 0 fully saturated rings. The molecule has 1 aliphatic rings. The Morgan fingerprint density at radius 1 is 1.11 bits per heavy atom. The predicted molar refractivity (Wildman–Crippen MR) is 98.0 cm³/mol. The molecule has 0 saturated carbocycles. The molecule has 1 aromatic carbocycles. The largest absolute Gasteiger partial charge is 0.477 e.